The Balaban J connectivity index is 3.63. The van der Waals surface area contributed by atoms with Crippen LogP contribution in [-0.2, 0) is 23.4 Å². The van der Waals surface area contributed by atoms with E-state index in [2.05, 4.69) is 45.8 Å². The van der Waals surface area contributed by atoms with Gasteiger partial charge in [-0.3, -0.25) is 0 Å². The maximum atomic E-state index is 13.4. The molecule has 7 nitrogen and oxygen atoms in total. The number of ether oxygens (including phenoxy) is 3. The normalized spacial score (nSPS) is 21.1. The molecule has 168 valence electrons. The molecule has 0 radical (unpaired) electrons. The van der Waals surface area contributed by atoms with Crippen LogP contribution in [0.1, 0.15) is 61.3 Å². The molecule has 1 rings (SSSR count). The number of nitrogens with zero attached hydrogens (tertiary/aromatic N) is 2. The van der Waals surface area contributed by atoms with Crippen molar-refractivity contribution >= 4 is 26.1 Å². The van der Waals surface area contributed by atoms with Gasteiger partial charge >= 0.3 is 5.97 Å². The maximum absolute atomic E-state index is 13.4. The van der Waals surface area contributed by atoms with Crippen molar-refractivity contribution in [1.29, 1.82) is 0 Å². The van der Waals surface area contributed by atoms with Crippen LogP contribution >= 0.6 is 0 Å². The molecule has 0 bridgehead atoms. The molecule has 0 aliphatic carbocycles. The van der Waals surface area contributed by atoms with Gasteiger partial charge in [-0.2, -0.15) is 0 Å². The van der Waals surface area contributed by atoms with Gasteiger partial charge in [0.1, 0.15) is 6.54 Å². The zero-order valence-electron chi connectivity index (χ0n) is 19.8. The molecule has 0 aromatic heterocycles. The summed E-state index contributed by atoms with van der Waals surface area (Å²) < 4.78 is 23.8. The second kappa shape index (κ2) is 10.6. The molecule has 0 saturated carbocycles. The van der Waals surface area contributed by atoms with Crippen LogP contribution in [0.3, 0.4) is 0 Å². The highest BCUT2D eigenvalue weighted by atomic mass is 28.4. The summed E-state index contributed by atoms with van der Waals surface area (Å²) in [5.74, 6) is 0.171. The van der Waals surface area contributed by atoms with Crippen molar-refractivity contribution in [3.05, 3.63) is 0 Å². The third kappa shape index (κ3) is 5.81. The van der Waals surface area contributed by atoms with E-state index in [9.17, 15) is 4.79 Å². The largest absolute Gasteiger partial charge is 0.480 e. The molecular formula is C21H40N2O5Si. The number of hydrogen-bond acceptors (Lipinski definition) is 7. The van der Waals surface area contributed by atoms with Gasteiger partial charge in [0.15, 0.2) is 8.32 Å². The Morgan fingerprint density at radius 1 is 1.10 bits per heavy atom. The van der Waals surface area contributed by atoms with E-state index in [1.165, 1.54) is 0 Å². The van der Waals surface area contributed by atoms with Crippen LogP contribution in [0, 0.1) is 0 Å². The molecule has 0 amide bonds. The first-order valence-corrected chi connectivity index (χ1v) is 13.6. The lowest BCUT2D eigenvalue weighted by Crippen LogP contribution is -2.62. The topological polar surface area (TPSA) is 78.7 Å². The molecule has 0 saturated heterocycles. The molecule has 0 aromatic carbocycles. The summed E-state index contributed by atoms with van der Waals surface area (Å²) in [6.45, 7) is 19.7. The number of hydrogen-bond donors (Lipinski definition) is 0. The predicted molar refractivity (Wildman–Crippen MR) is 119 cm³/mol. The molecule has 0 unspecified atom stereocenters. The predicted octanol–water partition coefficient (Wildman–Crippen LogP) is 4.36. The SMILES string of the molecule is CCC[C@H](O[Si](C)(C)C(C)(C)C)[C@@]1(C(=O)OCC)N=C(OCC)CN=C1OCC. The van der Waals surface area contributed by atoms with Gasteiger partial charge in [-0.15, -0.1) is 0 Å². The molecule has 0 aromatic rings. The number of carbonyl (C=O) groups excluding carboxylic acids is 1. The van der Waals surface area contributed by atoms with E-state index in [0.717, 1.165) is 6.42 Å². The van der Waals surface area contributed by atoms with Crippen LogP contribution in [0.4, 0.5) is 0 Å². The first-order valence-electron chi connectivity index (χ1n) is 10.7. The van der Waals surface area contributed by atoms with Crippen LogP contribution in [0.25, 0.3) is 0 Å². The summed E-state index contributed by atoms with van der Waals surface area (Å²) in [5, 5.41) is -0.0289. The Bertz CT molecular complexity index is 613. The van der Waals surface area contributed by atoms with Gasteiger partial charge in [-0.05, 0) is 45.3 Å². The first kappa shape index (κ1) is 25.6. The Morgan fingerprint density at radius 3 is 2.21 bits per heavy atom. The minimum absolute atomic E-state index is 0.0289. The van der Waals surface area contributed by atoms with Gasteiger partial charge in [0.05, 0.1) is 25.9 Å². The Hall–Kier alpha value is -1.41. The summed E-state index contributed by atoms with van der Waals surface area (Å²) in [5.41, 5.74) is -1.49. The fourth-order valence-electron chi connectivity index (χ4n) is 2.94. The maximum Gasteiger partial charge on any atom is 0.346 e. The van der Waals surface area contributed by atoms with E-state index in [0.29, 0.717) is 25.5 Å². The zero-order chi connectivity index (χ0) is 22.3. The van der Waals surface area contributed by atoms with E-state index < -0.39 is 25.9 Å². The van der Waals surface area contributed by atoms with Crippen molar-refractivity contribution in [2.75, 3.05) is 26.4 Å². The van der Waals surface area contributed by atoms with Crippen LogP contribution in [0.5, 0.6) is 0 Å². The second-order valence-corrected chi connectivity index (χ2v) is 13.4. The highest BCUT2D eigenvalue weighted by Gasteiger charge is 2.58. The van der Waals surface area contributed by atoms with Crippen LogP contribution in [0.2, 0.25) is 18.1 Å². The van der Waals surface area contributed by atoms with Gasteiger partial charge in [0.25, 0.3) is 5.54 Å². The van der Waals surface area contributed by atoms with Gasteiger partial charge < -0.3 is 18.6 Å². The fraction of sp³-hybridized carbons (Fsp3) is 0.857. The van der Waals surface area contributed by atoms with Crippen LogP contribution < -0.4 is 0 Å². The number of aliphatic imine (C=N–C) groups is 2. The van der Waals surface area contributed by atoms with Gasteiger partial charge in [0, 0.05) is 0 Å². The van der Waals surface area contributed by atoms with Crippen molar-refractivity contribution in [2.45, 2.75) is 91.1 Å². The summed E-state index contributed by atoms with van der Waals surface area (Å²) in [6.07, 6.45) is 0.896. The average Bonchev–Trinajstić information content (AvgIpc) is 2.62. The molecule has 0 N–H and O–H groups in total. The number of rotatable bonds is 9. The lowest BCUT2D eigenvalue weighted by Gasteiger charge is -2.44. The van der Waals surface area contributed by atoms with E-state index in [-0.39, 0.29) is 24.1 Å². The molecular weight excluding hydrogens is 388 g/mol. The van der Waals surface area contributed by atoms with E-state index in [4.69, 9.17) is 23.6 Å². The Kier molecular flexibility index (Phi) is 9.34. The summed E-state index contributed by atoms with van der Waals surface area (Å²) in [4.78, 5) is 22.7. The highest BCUT2D eigenvalue weighted by molar-refractivity contribution is 6.74. The fourth-order valence-corrected chi connectivity index (χ4v) is 4.29. The van der Waals surface area contributed by atoms with Crippen molar-refractivity contribution in [2.24, 2.45) is 9.98 Å². The second-order valence-electron chi connectivity index (χ2n) is 8.64. The van der Waals surface area contributed by atoms with Crippen LogP contribution in [-0.4, -0.2) is 64.1 Å². The standard InChI is InChI=1S/C21H40N2O5Si/c1-10-14-16(28-29(8,9)20(5,6)7)21(19(24)27-13-4)18(26-12-3)22-15-17(23-21)25-11-2/h16H,10-15H2,1-9H3/t16-,21+/m0/s1. The van der Waals surface area contributed by atoms with E-state index in [1.54, 1.807) is 6.92 Å². The lowest BCUT2D eigenvalue weighted by atomic mass is 9.88. The third-order valence-corrected chi connectivity index (χ3v) is 9.91. The molecule has 1 aliphatic rings. The smallest absolute Gasteiger partial charge is 0.346 e. The zero-order valence-corrected chi connectivity index (χ0v) is 20.8. The number of carbonyl (C=O) groups is 1. The van der Waals surface area contributed by atoms with Gasteiger partial charge in [-0.25, -0.2) is 14.8 Å². The minimum Gasteiger partial charge on any atom is -0.480 e. The highest BCUT2D eigenvalue weighted by Crippen LogP contribution is 2.41. The summed E-state index contributed by atoms with van der Waals surface area (Å²) in [6, 6.07) is 0. The summed E-state index contributed by atoms with van der Waals surface area (Å²) in [7, 11) is -2.23. The van der Waals surface area contributed by atoms with Crippen LogP contribution in [0.15, 0.2) is 9.98 Å². The Labute approximate surface area is 177 Å². The van der Waals surface area contributed by atoms with Crippen molar-refractivity contribution in [3.8, 4) is 0 Å². The number of esters is 1. The van der Waals surface area contributed by atoms with E-state index >= 15 is 0 Å². The average molecular weight is 429 g/mol. The van der Waals surface area contributed by atoms with Crippen molar-refractivity contribution in [3.63, 3.8) is 0 Å². The Morgan fingerprint density at radius 2 is 1.72 bits per heavy atom. The molecule has 1 heterocycles. The minimum atomic E-state index is -2.23. The third-order valence-electron chi connectivity index (χ3n) is 5.42. The lowest BCUT2D eigenvalue weighted by molar-refractivity contribution is -0.151. The molecule has 29 heavy (non-hydrogen) atoms. The van der Waals surface area contributed by atoms with Gasteiger partial charge in [-0.1, -0.05) is 34.1 Å². The molecule has 2 atom stereocenters. The monoisotopic (exact) mass is 428 g/mol. The van der Waals surface area contributed by atoms with Gasteiger partial charge in [0.2, 0.25) is 11.8 Å². The van der Waals surface area contributed by atoms with Crippen molar-refractivity contribution in [1.82, 2.24) is 0 Å². The molecule has 1 aliphatic heterocycles. The quantitative estimate of drug-likeness (QED) is 0.403. The molecule has 8 heteroatoms. The molecule has 0 spiro atoms. The summed E-state index contributed by atoms with van der Waals surface area (Å²) >= 11 is 0. The van der Waals surface area contributed by atoms with Crippen molar-refractivity contribution < 1.29 is 23.4 Å². The van der Waals surface area contributed by atoms with E-state index in [1.807, 2.05) is 13.8 Å². The first-order chi connectivity index (χ1) is 13.5. The molecule has 0 fully saturated rings.